The number of rotatable bonds is 14. The molecule has 0 saturated carbocycles. The molecule has 0 spiro atoms. The second-order valence-electron chi connectivity index (χ2n) is 5.94. The molecule has 0 atom stereocenters. The van der Waals surface area contributed by atoms with Crippen molar-refractivity contribution in [2.24, 2.45) is 0 Å². The Labute approximate surface area is 132 Å². The lowest BCUT2D eigenvalue weighted by Crippen LogP contribution is -2.05. The van der Waals surface area contributed by atoms with Gasteiger partial charge in [0.1, 0.15) is 0 Å². The second-order valence-corrected chi connectivity index (χ2v) is 5.94. The number of allylic oxidation sites excluding steroid dienone is 1. The van der Waals surface area contributed by atoms with E-state index in [-0.39, 0.29) is 5.97 Å². The molecule has 2 heteroatoms. The van der Waals surface area contributed by atoms with Crippen molar-refractivity contribution < 1.29 is 9.53 Å². The molecule has 0 rings (SSSR count). The summed E-state index contributed by atoms with van der Waals surface area (Å²) in [4.78, 5) is 11.6. The van der Waals surface area contributed by atoms with Crippen molar-refractivity contribution in [2.75, 3.05) is 7.11 Å². The number of hydrogen-bond acceptors (Lipinski definition) is 2. The molecule has 0 fully saturated rings. The minimum Gasteiger partial charge on any atom is -0.466 e. The summed E-state index contributed by atoms with van der Waals surface area (Å²) < 4.78 is 4.84. The van der Waals surface area contributed by atoms with Crippen molar-refractivity contribution in [3.8, 4) is 0 Å². The maximum atomic E-state index is 11.6. The third-order valence-electron chi connectivity index (χ3n) is 3.93. The van der Waals surface area contributed by atoms with Gasteiger partial charge in [-0.15, -0.1) is 0 Å². The van der Waals surface area contributed by atoms with Gasteiger partial charge in [0, 0.05) is 5.57 Å². The Hall–Kier alpha value is -0.790. The summed E-state index contributed by atoms with van der Waals surface area (Å²) >= 11 is 0. The van der Waals surface area contributed by atoms with Crippen LogP contribution in [0.1, 0.15) is 97.3 Å². The van der Waals surface area contributed by atoms with Crippen LogP contribution in [0.15, 0.2) is 11.6 Å². The van der Waals surface area contributed by atoms with Gasteiger partial charge >= 0.3 is 5.97 Å². The average Bonchev–Trinajstić information content (AvgIpc) is 2.51. The van der Waals surface area contributed by atoms with Crippen LogP contribution >= 0.6 is 0 Å². The summed E-state index contributed by atoms with van der Waals surface area (Å²) in [5, 5.41) is 0. The van der Waals surface area contributed by atoms with Gasteiger partial charge in [-0.25, -0.2) is 4.79 Å². The Morgan fingerprint density at radius 3 is 1.81 bits per heavy atom. The first-order valence-corrected chi connectivity index (χ1v) is 9.03. The highest BCUT2D eigenvalue weighted by atomic mass is 16.5. The van der Waals surface area contributed by atoms with Crippen molar-refractivity contribution in [1.82, 2.24) is 0 Å². The van der Waals surface area contributed by atoms with Crippen LogP contribution < -0.4 is 0 Å². The molecule has 0 aromatic heterocycles. The summed E-state index contributed by atoms with van der Waals surface area (Å²) in [7, 11) is 1.47. The summed E-state index contributed by atoms with van der Waals surface area (Å²) in [6, 6.07) is 0. The van der Waals surface area contributed by atoms with E-state index in [1.165, 1.54) is 64.9 Å². The van der Waals surface area contributed by atoms with Gasteiger partial charge in [0.25, 0.3) is 0 Å². The number of unbranched alkanes of at least 4 members (excludes halogenated alkanes) is 10. The number of ether oxygens (including phenoxy) is 1. The van der Waals surface area contributed by atoms with Crippen molar-refractivity contribution in [3.63, 3.8) is 0 Å². The van der Waals surface area contributed by atoms with Gasteiger partial charge in [-0.3, -0.25) is 0 Å². The van der Waals surface area contributed by atoms with Crippen LogP contribution in [-0.4, -0.2) is 13.1 Å². The van der Waals surface area contributed by atoms with Crippen LogP contribution in [-0.2, 0) is 9.53 Å². The Bertz CT molecular complexity index is 269. The Kier molecular flexibility index (Phi) is 15.0. The number of carbonyl (C=O) groups is 1. The zero-order chi connectivity index (χ0) is 15.8. The minimum absolute atomic E-state index is 0.139. The van der Waals surface area contributed by atoms with Gasteiger partial charge < -0.3 is 4.74 Å². The van der Waals surface area contributed by atoms with E-state index >= 15 is 0 Å². The topological polar surface area (TPSA) is 26.3 Å². The lowest BCUT2D eigenvalue weighted by molar-refractivity contribution is -0.136. The van der Waals surface area contributed by atoms with Crippen molar-refractivity contribution in [3.05, 3.63) is 11.6 Å². The molecule has 0 aromatic rings. The SMILES string of the molecule is CCCC=C(CCCCCCCCCCCC)C(=O)OC. The first kappa shape index (κ1) is 20.2. The third kappa shape index (κ3) is 12.6. The lowest BCUT2D eigenvalue weighted by atomic mass is 10.0. The van der Waals surface area contributed by atoms with E-state index in [0.717, 1.165) is 31.3 Å². The number of carbonyl (C=O) groups excluding carboxylic acids is 1. The number of methoxy groups -OCH3 is 1. The fraction of sp³-hybridized carbons (Fsp3) is 0.842. The van der Waals surface area contributed by atoms with Gasteiger partial charge in [0.05, 0.1) is 7.11 Å². The van der Waals surface area contributed by atoms with Gasteiger partial charge in [-0.2, -0.15) is 0 Å². The standard InChI is InChI=1S/C19H36O2/c1-4-6-8-9-10-11-12-13-14-15-17-18(16-7-5-2)19(20)21-3/h16H,4-15,17H2,1-3H3. The molecule has 0 radical (unpaired) electrons. The molecule has 0 unspecified atom stereocenters. The molecular formula is C19H36O2. The summed E-state index contributed by atoms with van der Waals surface area (Å²) in [6.07, 6.45) is 18.3. The maximum absolute atomic E-state index is 11.6. The van der Waals surface area contributed by atoms with E-state index in [4.69, 9.17) is 4.74 Å². The quantitative estimate of drug-likeness (QED) is 0.217. The zero-order valence-electron chi connectivity index (χ0n) is 14.6. The summed E-state index contributed by atoms with van der Waals surface area (Å²) in [5.74, 6) is -0.139. The van der Waals surface area contributed by atoms with Gasteiger partial charge in [-0.1, -0.05) is 84.1 Å². The normalized spacial score (nSPS) is 11.7. The van der Waals surface area contributed by atoms with Crippen molar-refractivity contribution >= 4 is 5.97 Å². The van der Waals surface area contributed by atoms with E-state index in [9.17, 15) is 4.79 Å². The highest BCUT2D eigenvalue weighted by molar-refractivity contribution is 5.88. The molecule has 0 heterocycles. The Balaban J connectivity index is 3.56. The molecule has 0 aromatic carbocycles. The van der Waals surface area contributed by atoms with Crippen LogP contribution in [0, 0.1) is 0 Å². The second kappa shape index (κ2) is 15.6. The van der Waals surface area contributed by atoms with Crippen LogP contribution in [0.2, 0.25) is 0 Å². The first-order valence-electron chi connectivity index (χ1n) is 9.03. The molecule has 124 valence electrons. The van der Waals surface area contributed by atoms with Gasteiger partial charge in [0.15, 0.2) is 0 Å². The smallest absolute Gasteiger partial charge is 0.333 e. The minimum atomic E-state index is -0.139. The average molecular weight is 296 g/mol. The highest BCUT2D eigenvalue weighted by Gasteiger charge is 2.08. The van der Waals surface area contributed by atoms with Crippen LogP contribution in [0.3, 0.4) is 0 Å². The fourth-order valence-corrected chi connectivity index (χ4v) is 2.54. The molecule has 0 aliphatic carbocycles. The molecular weight excluding hydrogens is 260 g/mol. The predicted molar refractivity (Wildman–Crippen MR) is 91.5 cm³/mol. The summed E-state index contributed by atoms with van der Waals surface area (Å²) in [6.45, 7) is 4.39. The molecule has 0 N–H and O–H groups in total. The summed E-state index contributed by atoms with van der Waals surface area (Å²) in [5.41, 5.74) is 0.874. The van der Waals surface area contributed by atoms with E-state index < -0.39 is 0 Å². The van der Waals surface area contributed by atoms with Crippen LogP contribution in [0.4, 0.5) is 0 Å². The molecule has 0 saturated heterocycles. The highest BCUT2D eigenvalue weighted by Crippen LogP contribution is 2.15. The molecule has 0 bridgehead atoms. The van der Waals surface area contributed by atoms with E-state index in [1.54, 1.807) is 0 Å². The number of hydrogen-bond donors (Lipinski definition) is 0. The Morgan fingerprint density at radius 2 is 1.33 bits per heavy atom. The Morgan fingerprint density at radius 1 is 0.810 bits per heavy atom. The largest absolute Gasteiger partial charge is 0.466 e. The molecule has 0 aliphatic rings. The van der Waals surface area contributed by atoms with Crippen LogP contribution in [0.25, 0.3) is 0 Å². The molecule has 0 aliphatic heterocycles. The maximum Gasteiger partial charge on any atom is 0.333 e. The number of esters is 1. The van der Waals surface area contributed by atoms with E-state index in [0.29, 0.717) is 0 Å². The van der Waals surface area contributed by atoms with Crippen molar-refractivity contribution in [2.45, 2.75) is 97.3 Å². The first-order chi connectivity index (χ1) is 10.3. The monoisotopic (exact) mass is 296 g/mol. The molecule has 2 nitrogen and oxygen atoms in total. The fourth-order valence-electron chi connectivity index (χ4n) is 2.54. The zero-order valence-corrected chi connectivity index (χ0v) is 14.6. The third-order valence-corrected chi connectivity index (χ3v) is 3.93. The van der Waals surface area contributed by atoms with Gasteiger partial charge in [0.2, 0.25) is 0 Å². The lowest BCUT2D eigenvalue weighted by Gasteiger charge is -2.06. The van der Waals surface area contributed by atoms with Gasteiger partial charge in [-0.05, 0) is 19.3 Å². The molecule has 0 amide bonds. The van der Waals surface area contributed by atoms with Crippen LogP contribution in [0.5, 0.6) is 0 Å². The van der Waals surface area contributed by atoms with E-state index in [2.05, 4.69) is 19.9 Å². The predicted octanol–water partition coefficient (Wildman–Crippen LogP) is 6.20. The molecule has 21 heavy (non-hydrogen) atoms. The van der Waals surface area contributed by atoms with Crippen molar-refractivity contribution in [1.29, 1.82) is 0 Å². The van der Waals surface area contributed by atoms with E-state index in [1.807, 2.05) is 0 Å².